The highest BCUT2D eigenvalue weighted by molar-refractivity contribution is 5.95. The number of hydrogen-bond donors (Lipinski definition) is 0. The van der Waals surface area contributed by atoms with Crippen LogP contribution in [0, 0.1) is 0 Å². The maximum absolute atomic E-state index is 11.8. The lowest BCUT2D eigenvalue weighted by Crippen LogP contribution is -2.08. The normalized spacial score (nSPS) is 9.94. The van der Waals surface area contributed by atoms with Gasteiger partial charge >= 0.3 is 0 Å². The van der Waals surface area contributed by atoms with E-state index in [0.29, 0.717) is 11.6 Å². The lowest BCUT2D eigenvalue weighted by Gasteiger charge is -2.00. The van der Waals surface area contributed by atoms with Gasteiger partial charge in [0, 0.05) is 18.0 Å². The van der Waals surface area contributed by atoms with Gasteiger partial charge in [0.05, 0.1) is 13.5 Å². The maximum Gasteiger partial charge on any atom is 0.233 e. The van der Waals surface area contributed by atoms with Crippen LogP contribution in [0.1, 0.15) is 16.2 Å². The SMILES string of the molecule is COc1ccc(C(=O)Cc2ccccn2)nn1. The quantitative estimate of drug-likeness (QED) is 0.739. The molecule has 0 spiro atoms. The Hall–Kier alpha value is -2.30. The van der Waals surface area contributed by atoms with E-state index < -0.39 is 0 Å². The molecule has 0 aliphatic heterocycles. The molecule has 0 aliphatic carbocycles. The van der Waals surface area contributed by atoms with Crippen LogP contribution >= 0.6 is 0 Å². The zero-order valence-electron chi connectivity index (χ0n) is 9.33. The maximum atomic E-state index is 11.8. The van der Waals surface area contributed by atoms with Crippen molar-refractivity contribution >= 4 is 5.78 Å². The van der Waals surface area contributed by atoms with Crippen LogP contribution in [0.5, 0.6) is 5.88 Å². The molecule has 0 N–H and O–H groups in total. The summed E-state index contributed by atoms with van der Waals surface area (Å²) in [6, 6.07) is 8.65. The zero-order chi connectivity index (χ0) is 12.1. The highest BCUT2D eigenvalue weighted by atomic mass is 16.5. The Bertz CT molecular complexity index is 497. The van der Waals surface area contributed by atoms with E-state index in [2.05, 4.69) is 15.2 Å². The Kier molecular flexibility index (Phi) is 3.40. The van der Waals surface area contributed by atoms with Crippen molar-refractivity contribution < 1.29 is 9.53 Å². The highest BCUT2D eigenvalue weighted by Crippen LogP contribution is 2.06. The first-order valence-corrected chi connectivity index (χ1v) is 5.10. The molecule has 2 heterocycles. The fraction of sp³-hybridized carbons (Fsp3) is 0.167. The monoisotopic (exact) mass is 229 g/mol. The standard InChI is InChI=1S/C12H11N3O2/c1-17-12-6-5-10(14-15-12)11(16)8-9-4-2-3-7-13-9/h2-7H,8H2,1H3. The molecule has 0 atom stereocenters. The molecule has 0 aliphatic rings. The molecule has 0 saturated heterocycles. The molecule has 86 valence electrons. The van der Waals surface area contributed by atoms with Crippen molar-refractivity contribution in [3.63, 3.8) is 0 Å². The van der Waals surface area contributed by atoms with Crippen LogP contribution in [0.3, 0.4) is 0 Å². The minimum absolute atomic E-state index is 0.112. The van der Waals surface area contributed by atoms with E-state index in [4.69, 9.17) is 4.74 Å². The second-order valence-electron chi connectivity index (χ2n) is 3.38. The summed E-state index contributed by atoms with van der Waals surface area (Å²) in [6.45, 7) is 0. The first-order valence-electron chi connectivity index (χ1n) is 5.10. The Morgan fingerprint density at radius 2 is 2.12 bits per heavy atom. The van der Waals surface area contributed by atoms with E-state index in [1.54, 1.807) is 30.5 Å². The Labute approximate surface area is 98.5 Å². The van der Waals surface area contributed by atoms with Gasteiger partial charge in [-0.1, -0.05) is 6.07 Å². The molecule has 2 aromatic rings. The van der Waals surface area contributed by atoms with Gasteiger partial charge in [-0.15, -0.1) is 10.2 Å². The molecule has 0 amide bonds. The van der Waals surface area contributed by atoms with Crippen molar-refractivity contribution in [1.82, 2.24) is 15.2 Å². The van der Waals surface area contributed by atoms with Crippen LogP contribution in [-0.4, -0.2) is 28.1 Å². The molecule has 0 saturated carbocycles. The van der Waals surface area contributed by atoms with Gasteiger partial charge < -0.3 is 4.74 Å². The summed E-state index contributed by atoms with van der Waals surface area (Å²) in [5.74, 6) is 0.276. The van der Waals surface area contributed by atoms with E-state index in [9.17, 15) is 4.79 Å². The number of rotatable bonds is 4. The van der Waals surface area contributed by atoms with Gasteiger partial charge in [-0.3, -0.25) is 9.78 Å². The number of aromatic nitrogens is 3. The molecule has 0 fully saturated rings. The van der Waals surface area contributed by atoms with E-state index in [0.717, 1.165) is 5.69 Å². The van der Waals surface area contributed by atoms with Crippen LogP contribution < -0.4 is 4.74 Å². The second kappa shape index (κ2) is 5.16. The van der Waals surface area contributed by atoms with Gasteiger partial charge in [-0.25, -0.2) is 0 Å². The third-order valence-corrected chi connectivity index (χ3v) is 2.20. The largest absolute Gasteiger partial charge is 0.480 e. The van der Waals surface area contributed by atoms with Crippen molar-refractivity contribution in [1.29, 1.82) is 0 Å². The minimum Gasteiger partial charge on any atom is -0.480 e. The van der Waals surface area contributed by atoms with Crippen molar-refractivity contribution in [2.75, 3.05) is 7.11 Å². The average molecular weight is 229 g/mol. The third kappa shape index (κ3) is 2.84. The lowest BCUT2D eigenvalue weighted by atomic mass is 10.1. The fourth-order valence-corrected chi connectivity index (χ4v) is 1.34. The number of ether oxygens (including phenoxy) is 1. The zero-order valence-corrected chi connectivity index (χ0v) is 9.33. The van der Waals surface area contributed by atoms with Crippen LogP contribution in [0.4, 0.5) is 0 Å². The second-order valence-corrected chi connectivity index (χ2v) is 3.38. The molecule has 0 radical (unpaired) electrons. The molecule has 5 nitrogen and oxygen atoms in total. The smallest absolute Gasteiger partial charge is 0.233 e. The molecule has 0 aromatic carbocycles. The van der Waals surface area contributed by atoms with Crippen LogP contribution in [0.25, 0.3) is 0 Å². The average Bonchev–Trinajstić information content (AvgIpc) is 2.40. The number of nitrogens with zero attached hydrogens (tertiary/aromatic N) is 3. The van der Waals surface area contributed by atoms with E-state index >= 15 is 0 Å². The number of ketones is 1. The predicted octanol–water partition coefficient (Wildman–Crippen LogP) is 1.31. The number of methoxy groups -OCH3 is 1. The van der Waals surface area contributed by atoms with E-state index in [1.807, 2.05) is 6.07 Å². The molecule has 5 heteroatoms. The lowest BCUT2D eigenvalue weighted by molar-refractivity contribution is 0.0986. The van der Waals surface area contributed by atoms with E-state index in [-0.39, 0.29) is 12.2 Å². The molecule has 0 bridgehead atoms. The molecule has 2 rings (SSSR count). The van der Waals surface area contributed by atoms with Crippen LogP contribution in [0.15, 0.2) is 36.5 Å². The Balaban J connectivity index is 2.09. The Morgan fingerprint density at radius 1 is 1.24 bits per heavy atom. The summed E-state index contributed by atoms with van der Waals surface area (Å²) in [5, 5.41) is 7.54. The molecule has 0 unspecified atom stereocenters. The predicted molar refractivity (Wildman–Crippen MR) is 60.9 cm³/mol. The summed E-state index contributed by atoms with van der Waals surface area (Å²) >= 11 is 0. The number of carbonyl (C=O) groups is 1. The molecular weight excluding hydrogens is 218 g/mol. The molecule has 2 aromatic heterocycles. The third-order valence-electron chi connectivity index (χ3n) is 2.20. The van der Waals surface area contributed by atoms with Gasteiger partial charge in [0.2, 0.25) is 5.88 Å². The van der Waals surface area contributed by atoms with Crippen molar-refractivity contribution in [2.24, 2.45) is 0 Å². The topological polar surface area (TPSA) is 65.0 Å². The van der Waals surface area contributed by atoms with Crippen molar-refractivity contribution in [2.45, 2.75) is 6.42 Å². The Morgan fingerprint density at radius 3 is 2.71 bits per heavy atom. The summed E-state index contributed by atoms with van der Waals surface area (Å²) in [5.41, 5.74) is 1.03. The minimum atomic E-state index is -0.112. The van der Waals surface area contributed by atoms with Gasteiger partial charge in [0.1, 0.15) is 5.69 Å². The first-order chi connectivity index (χ1) is 8.29. The van der Waals surface area contributed by atoms with Crippen molar-refractivity contribution in [3.8, 4) is 5.88 Å². The van der Waals surface area contributed by atoms with Crippen LogP contribution in [0.2, 0.25) is 0 Å². The van der Waals surface area contributed by atoms with Gasteiger partial charge in [-0.05, 0) is 18.2 Å². The number of hydrogen-bond acceptors (Lipinski definition) is 5. The summed E-state index contributed by atoms with van der Waals surface area (Å²) in [4.78, 5) is 15.9. The fourth-order valence-electron chi connectivity index (χ4n) is 1.34. The van der Waals surface area contributed by atoms with Crippen molar-refractivity contribution in [3.05, 3.63) is 47.9 Å². The van der Waals surface area contributed by atoms with Crippen LogP contribution in [-0.2, 0) is 6.42 Å². The number of pyridine rings is 1. The van der Waals surface area contributed by atoms with Gasteiger partial charge in [-0.2, -0.15) is 0 Å². The summed E-state index contributed by atoms with van der Waals surface area (Å²) in [6.07, 6.45) is 1.88. The number of carbonyl (C=O) groups excluding carboxylic acids is 1. The highest BCUT2D eigenvalue weighted by Gasteiger charge is 2.10. The van der Waals surface area contributed by atoms with E-state index in [1.165, 1.54) is 7.11 Å². The van der Waals surface area contributed by atoms with Gasteiger partial charge in [0.25, 0.3) is 0 Å². The molecule has 17 heavy (non-hydrogen) atoms. The van der Waals surface area contributed by atoms with Gasteiger partial charge in [0.15, 0.2) is 5.78 Å². The first kappa shape index (κ1) is 11.2. The molecular formula is C12H11N3O2. The summed E-state index contributed by atoms with van der Waals surface area (Å²) in [7, 11) is 1.50. The number of Topliss-reactive ketones (excluding diaryl/α,β-unsaturated/α-hetero) is 1. The summed E-state index contributed by atoms with van der Waals surface area (Å²) < 4.78 is 4.87.